The summed E-state index contributed by atoms with van der Waals surface area (Å²) in [6, 6.07) is 16.5. The Bertz CT molecular complexity index is 509. The Morgan fingerprint density at radius 1 is 1.00 bits per heavy atom. The first-order valence-electron chi connectivity index (χ1n) is 5.35. The van der Waals surface area contributed by atoms with Gasteiger partial charge >= 0.3 is 0 Å². The fourth-order valence-electron chi connectivity index (χ4n) is 1.48. The van der Waals surface area contributed by atoms with Gasteiger partial charge in [0.25, 0.3) is 5.91 Å². The molecule has 0 unspecified atom stereocenters. The number of carbonyl (C=O) groups is 1. The van der Waals surface area contributed by atoms with Crippen molar-refractivity contribution in [2.75, 3.05) is 0 Å². The van der Waals surface area contributed by atoms with Crippen molar-refractivity contribution < 1.29 is 9.63 Å². The third-order valence-corrected chi connectivity index (χ3v) is 2.39. The minimum atomic E-state index is -0.244. The van der Waals surface area contributed by atoms with Crippen molar-refractivity contribution in [2.45, 2.75) is 6.92 Å². The minimum Gasteiger partial charge on any atom is -0.379 e. The predicted octanol–water partition coefficient (Wildman–Crippen LogP) is 2.72. The van der Waals surface area contributed by atoms with Crippen LogP contribution in [0.5, 0.6) is 5.75 Å². The lowest BCUT2D eigenvalue weighted by atomic mass is 10.1. The Hall–Kier alpha value is -2.29. The number of aryl methyl sites for hydroxylation is 1. The molecule has 0 aliphatic heterocycles. The number of para-hydroxylation sites is 1. The molecule has 1 N–H and O–H groups in total. The van der Waals surface area contributed by atoms with E-state index in [4.69, 9.17) is 4.84 Å². The Kier molecular flexibility index (Phi) is 3.40. The lowest BCUT2D eigenvalue weighted by Gasteiger charge is -2.08. The van der Waals surface area contributed by atoms with E-state index in [1.165, 1.54) is 0 Å². The molecule has 0 bridgehead atoms. The molecule has 0 saturated heterocycles. The first-order chi connectivity index (χ1) is 8.27. The number of rotatable bonds is 3. The topological polar surface area (TPSA) is 38.3 Å². The van der Waals surface area contributed by atoms with Crippen LogP contribution in [-0.4, -0.2) is 5.91 Å². The molecular weight excluding hydrogens is 214 g/mol. The van der Waals surface area contributed by atoms with Crippen molar-refractivity contribution in [3.63, 3.8) is 0 Å². The van der Waals surface area contributed by atoms with Crippen molar-refractivity contribution in [2.24, 2.45) is 0 Å². The summed E-state index contributed by atoms with van der Waals surface area (Å²) in [4.78, 5) is 17.0. The second-order valence-corrected chi connectivity index (χ2v) is 3.66. The van der Waals surface area contributed by atoms with E-state index in [1.807, 2.05) is 43.3 Å². The Morgan fingerprint density at radius 3 is 2.35 bits per heavy atom. The average molecular weight is 227 g/mol. The molecule has 2 aromatic carbocycles. The van der Waals surface area contributed by atoms with E-state index < -0.39 is 0 Å². The third kappa shape index (κ3) is 2.84. The molecule has 0 fully saturated rings. The second kappa shape index (κ2) is 5.16. The zero-order valence-corrected chi connectivity index (χ0v) is 9.51. The Balaban J connectivity index is 2.01. The maximum absolute atomic E-state index is 11.8. The summed E-state index contributed by atoms with van der Waals surface area (Å²) in [5, 5.41) is 0. The van der Waals surface area contributed by atoms with Gasteiger partial charge in [-0.2, -0.15) is 5.48 Å². The van der Waals surface area contributed by atoms with Crippen LogP contribution in [-0.2, 0) is 0 Å². The fourth-order valence-corrected chi connectivity index (χ4v) is 1.48. The van der Waals surface area contributed by atoms with Crippen molar-refractivity contribution >= 4 is 5.91 Å². The van der Waals surface area contributed by atoms with Gasteiger partial charge in [-0.05, 0) is 30.7 Å². The minimum absolute atomic E-state index is 0.244. The summed E-state index contributed by atoms with van der Waals surface area (Å²) < 4.78 is 0. The van der Waals surface area contributed by atoms with Gasteiger partial charge in [0, 0.05) is 5.56 Å². The highest BCUT2D eigenvalue weighted by atomic mass is 16.7. The average Bonchev–Trinajstić information content (AvgIpc) is 2.38. The Morgan fingerprint density at radius 2 is 1.65 bits per heavy atom. The number of benzene rings is 2. The van der Waals surface area contributed by atoms with Crippen molar-refractivity contribution in [1.82, 2.24) is 5.48 Å². The zero-order valence-electron chi connectivity index (χ0n) is 9.51. The molecule has 3 nitrogen and oxygen atoms in total. The summed E-state index contributed by atoms with van der Waals surface area (Å²) in [6.45, 7) is 1.89. The molecule has 0 aliphatic carbocycles. The molecule has 0 aromatic heterocycles. The number of nitrogens with one attached hydrogen (secondary N) is 1. The number of amides is 1. The van der Waals surface area contributed by atoms with Crippen LogP contribution in [0.2, 0.25) is 0 Å². The van der Waals surface area contributed by atoms with Crippen molar-refractivity contribution in [3.05, 3.63) is 65.7 Å². The molecule has 0 aliphatic rings. The van der Waals surface area contributed by atoms with E-state index in [1.54, 1.807) is 18.2 Å². The van der Waals surface area contributed by atoms with E-state index in [2.05, 4.69) is 5.48 Å². The maximum atomic E-state index is 11.8. The molecule has 0 spiro atoms. The summed E-state index contributed by atoms with van der Waals surface area (Å²) in [6.07, 6.45) is 0. The molecule has 3 heteroatoms. The lowest BCUT2D eigenvalue weighted by Crippen LogP contribution is -2.27. The van der Waals surface area contributed by atoms with Crippen molar-refractivity contribution in [3.8, 4) is 5.75 Å². The maximum Gasteiger partial charge on any atom is 0.284 e. The van der Waals surface area contributed by atoms with Gasteiger partial charge in [0.1, 0.15) is 0 Å². The molecule has 1 amide bonds. The van der Waals surface area contributed by atoms with Crippen LogP contribution in [0.4, 0.5) is 0 Å². The number of hydrogen-bond donors (Lipinski definition) is 1. The number of hydroxylamine groups is 1. The van der Waals surface area contributed by atoms with Crippen LogP contribution in [0.1, 0.15) is 15.9 Å². The standard InChI is InChI=1S/C14H13NO2/c1-11-7-5-6-10-13(11)14(16)15-17-12-8-3-2-4-9-12/h2-10H,1H3,(H,15,16). The van der Waals surface area contributed by atoms with Gasteiger partial charge in [-0.15, -0.1) is 0 Å². The molecule has 0 heterocycles. The molecular formula is C14H13NO2. The van der Waals surface area contributed by atoms with Gasteiger partial charge in [0.15, 0.2) is 5.75 Å². The van der Waals surface area contributed by atoms with Gasteiger partial charge in [0.2, 0.25) is 0 Å². The zero-order chi connectivity index (χ0) is 12.1. The summed E-state index contributed by atoms with van der Waals surface area (Å²) in [5.74, 6) is 0.362. The summed E-state index contributed by atoms with van der Waals surface area (Å²) in [5.41, 5.74) is 3.95. The van der Waals surface area contributed by atoms with Crippen molar-refractivity contribution in [1.29, 1.82) is 0 Å². The molecule has 17 heavy (non-hydrogen) atoms. The highest BCUT2D eigenvalue weighted by Crippen LogP contribution is 2.09. The quantitative estimate of drug-likeness (QED) is 0.819. The van der Waals surface area contributed by atoms with E-state index >= 15 is 0 Å². The first kappa shape index (κ1) is 11.2. The highest BCUT2D eigenvalue weighted by Gasteiger charge is 2.07. The van der Waals surface area contributed by atoms with Crippen LogP contribution in [0, 0.1) is 6.92 Å². The van der Waals surface area contributed by atoms with Crippen LogP contribution in [0.15, 0.2) is 54.6 Å². The van der Waals surface area contributed by atoms with E-state index in [-0.39, 0.29) is 5.91 Å². The monoisotopic (exact) mass is 227 g/mol. The van der Waals surface area contributed by atoms with Gasteiger partial charge < -0.3 is 4.84 Å². The van der Waals surface area contributed by atoms with E-state index in [0.29, 0.717) is 11.3 Å². The Labute approximate surface area is 100.0 Å². The first-order valence-corrected chi connectivity index (χ1v) is 5.35. The SMILES string of the molecule is Cc1ccccc1C(=O)NOc1ccccc1. The normalized spacial score (nSPS) is 9.71. The molecule has 0 atom stereocenters. The van der Waals surface area contributed by atoms with Crippen LogP contribution >= 0.6 is 0 Å². The molecule has 0 radical (unpaired) electrons. The molecule has 86 valence electrons. The third-order valence-electron chi connectivity index (χ3n) is 2.39. The predicted molar refractivity (Wildman–Crippen MR) is 65.7 cm³/mol. The number of hydrogen-bond acceptors (Lipinski definition) is 2. The highest BCUT2D eigenvalue weighted by molar-refractivity contribution is 5.94. The summed E-state index contributed by atoms with van der Waals surface area (Å²) >= 11 is 0. The van der Waals surface area contributed by atoms with Crippen LogP contribution < -0.4 is 10.3 Å². The van der Waals surface area contributed by atoms with Gasteiger partial charge in [0.05, 0.1) is 0 Å². The second-order valence-electron chi connectivity index (χ2n) is 3.66. The van der Waals surface area contributed by atoms with E-state index in [9.17, 15) is 4.79 Å². The smallest absolute Gasteiger partial charge is 0.284 e. The van der Waals surface area contributed by atoms with Gasteiger partial charge in [-0.1, -0.05) is 36.4 Å². The fraction of sp³-hybridized carbons (Fsp3) is 0.0714. The number of carbonyl (C=O) groups excluding carboxylic acids is 1. The lowest BCUT2D eigenvalue weighted by molar-refractivity contribution is 0.0759. The summed E-state index contributed by atoms with van der Waals surface area (Å²) in [7, 11) is 0. The van der Waals surface area contributed by atoms with E-state index in [0.717, 1.165) is 5.56 Å². The largest absolute Gasteiger partial charge is 0.379 e. The van der Waals surface area contributed by atoms with Gasteiger partial charge in [-0.25, -0.2) is 0 Å². The van der Waals surface area contributed by atoms with Crippen LogP contribution in [0.3, 0.4) is 0 Å². The molecule has 2 rings (SSSR count). The molecule has 2 aromatic rings. The van der Waals surface area contributed by atoms with Gasteiger partial charge in [-0.3, -0.25) is 4.79 Å². The van der Waals surface area contributed by atoms with Crippen LogP contribution in [0.25, 0.3) is 0 Å². The molecule has 0 saturated carbocycles.